The van der Waals surface area contributed by atoms with Crippen molar-refractivity contribution in [2.75, 3.05) is 13.2 Å². The average Bonchev–Trinajstić information content (AvgIpc) is 3.30. The number of hydrogen-bond donors (Lipinski definition) is 1. The van der Waals surface area contributed by atoms with Gasteiger partial charge in [0.25, 0.3) is 0 Å². The first-order chi connectivity index (χ1) is 16.1. The Hall–Kier alpha value is -0.640. The fraction of sp³-hybridized carbons (Fsp3) is 0.871. The third kappa shape index (κ3) is 2.93. The molecular formula is C31H48O3. The summed E-state index contributed by atoms with van der Waals surface area (Å²) in [4.78, 5) is 0. The summed E-state index contributed by atoms with van der Waals surface area (Å²) < 4.78 is 13.5. The Morgan fingerprint density at radius 3 is 2.44 bits per heavy atom. The SMILES string of the molecule is CC(C)=CC1=C(C)C2C3CCC4[C@@H]5CCCCC(O)C(C)(C)C5CC[C@@]4(C)C34CO[C@@]2(C4)OC1. The lowest BCUT2D eigenvalue weighted by atomic mass is 9.40. The zero-order valence-corrected chi connectivity index (χ0v) is 22.6. The topological polar surface area (TPSA) is 38.7 Å². The van der Waals surface area contributed by atoms with E-state index in [1.807, 2.05) is 0 Å². The molecular weight excluding hydrogens is 420 g/mol. The van der Waals surface area contributed by atoms with E-state index in [1.165, 1.54) is 56.1 Å². The molecule has 5 fully saturated rings. The van der Waals surface area contributed by atoms with Gasteiger partial charge in [-0.1, -0.05) is 50.8 Å². The van der Waals surface area contributed by atoms with Gasteiger partial charge >= 0.3 is 0 Å². The highest BCUT2D eigenvalue weighted by Crippen LogP contribution is 2.77. The molecule has 1 N–H and O–H groups in total. The molecule has 190 valence electrons. The maximum Gasteiger partial charge on any atom is 0.176 e. The standard InChI is InChI=1S/C31H48O3/c1-19(2)15-21-16-33-31-17-30(18-34-31)25(27(31)20(21)3)12-11-24-22-9-7-8-10-26(32)28(4,5)23(22)13-14-29(24,30)6/h15,22-27,32H,7-14,16-18H2,1-6H3/t22-,23?,24?,25?,26?,27?,29-,30?,31-/m1/s1. The van der Waals surface area contributed by atoms with E-state index < -0.39 is 0 Å². The monoisotopic (exact) mass is 468 g/mol. The second-order valence-corrected chi connectivity index (χ2v) is 14.3. The molecule has 6 unspecified atom stereocenters. The zero-order chi connectivity index (χ0) is 24.1. The molecule has 34 heavy (non-hydrogen) atoms. The molecule has 1 saturated heterocycles. The van der Waals surface area contributed by atoms with Crippen LogP contribution in [-0.4, -0.2) is 30.2 Å². The van der Waals surface area contributed by atoms with Gasteiger partial charge in [-0.25, -0.2) is 0 Å². The Labute approximate surface area is 207 Å². The van der Waals surface area contributed by atoms with Gasteiger partial charge < -0.3 is 14.6 Å². The van der Waals surface area contributed by atoms with Gasteiger partial charge in [0.2, 0.25) is 0 Å². The minimum atomic E-state index is -0.376. The first-order valence-electron chi connectivity index (χ1n) is 14.4. The summed E-state index contributed by atoms with van der Waals surface area (Å²) in [5.41, 5.74) is 4.89. The molecule has 2 heterocycles. The Bertz CT molecular complexity index is 912. The van der Waals surface area contributed by atoms with Crippen molar-refractivity contribution in [2.45, 2.75) is 111 Å². The van der Waals surface area contributed by atoms with Crippen molar-refractivity contribution in [3.63, 3.8) is 0 Å². The van der Waals surface area contributed by atoms with Crippen LogP contribution in [0.2, 0.25) is 0 Å². The van der Waals surface area contributed by atoms with Crippen molar-refractivity contribution in [1.29, 1.82) is 0 Å². The van der Waals surface area contributed by atoms with Crippen molar-refractivity contribution in [3.8, 4) is 0 Å². The third-order valence-corrected chi connectivity index (χ3v) is 12.5. The van der Waals surface area contributed by atoms with Crippen LogP contribution in [-0.2, 0) is 9.47 Å². The van der Waals surface area contributed by atoms with Crippen LogP contribution in [0.3, 0.4) is 0 Å². The summed E-state index contributed by atoms with van der Waals surface area (Å²) in [6, 6.07) is 0. The van der Waals surface area contributed by atoms with Crippen molar-refractivity contribution in [2.24, 2.45) is 45.8 Å². The van der Waals surface area contributed by atoms with E-state index in [1.54, 1.807) is 5.57 Å². The normalized spacial score (nSPS) is 51.5. The Morgan fingerprint density at radius 1 is 0.941 bits per heavy atom. The second-order valence-electron chi connectivity index (χ2n) is 14.3. The predicted octanol–water partition coefficient (Wildman–Crippen LogP) is 7.05. The highest BCUT2D eigenvalue weighted by molar-refractivity contribution is 5.37. The van der Waals surface area contributed by atoms with Gasteiger partial charge in [0.05, 0.1) is 19.3 Å². The van der Waals surface area contributed by atoms with Crippen molar-refractivity contribution >= 4 is 0 Å². The first kappa shape index (κ1) is 23.7. The Balaban J connectivity index is 1.39. The molecule has 4 saturated carbocycles. The zero-order valence-electron chi connectivity index (χ0n) is 22.6. The van der Waals surface area contributed by atoms with Crippen LogP contribution in [0.15, 0.2) is 22.8 Å². The quantitative estimate of drug-likeness (QED) is 0.448. The van der Waals surface area contributed by atoms with E-state index in [9.17, 15) is 5.11 Å². The van der Waals surface area contributed by atoms with E-state index in [2.05, 4.69) is 47.6 Å². The molecule has 0 amide bonds. The molecule has 2 bridgehead atoms. The van der Waals surface area contributed by atoms with Crippen molar-refractivity contribution in [3.05, 3.63) is 22.8 Å². The highest BCUT2D eigenvalue weighted by Gasteiger charge is 2.77. The molecule has 6 rings (SSSR count). The van der Waals surface area contributed by atoms with Gasteiger partial charge in [-0.2, -0.15) is 0 Å². The molecule has 0 radical (unpaired) electrons. The summed E-state index contributed by atoms with van der Waals surface area (Å²) in [7, 11) is 0. The van der Waals surface area contributed by atoms with Gasteiger partial charge in [-0.3, -0.25) is 0 Å². The molecule has 0 aromatic rings. The van der Waals surface area contributed by atoms with E-state index >= 15 is 0 Å². The fourth-order valence-corrected chi connectivity index (χ4v) is 10.7. The van der Waals surface area contributed by atoms with Crippen LogP contribution in [0.4, 0.5) is 0 Å². The highest BCUT2D eigenvalue weighted by atomic mass is 16.7. The second kappa shape index (κ2) is 7.68. The Morgan fingerprint density at radius 2 is 1.68 bits per heavy atom. The summed E-state index contributed by atoms with van der Waals surface area (Å²) in [6.45, 7) is 15.8. The van der Waals surface area contributed by atoms with Gasteiger partial charge in [-0.05, 0) is 99.4 Å². The lowest BCUT2D eigenvalue weighted by molar-refractivity contribution is -0.264. The number of rotatable bonds is 1. The Kier molecular flexibility index (Phi) is 5.36. The van der Waals surface area contributed by atoms with Crippen molar-refractivity contribution in [1.82, 2.24) is 0 Å². The van der Waals surface area contributed by atoms with Crippen LogP contribution in [0.25, 0.3) is 0 Å². The van der Waals surface area contributed by atoms with Gasteiger partial charge in [-0.15, -0.1) is 0 Å². The fourth-order valence-electron chi connectivity index (χ4n) is 10.7. The maximum atomic E-state index is 11.1. The molecule has 9 atom stereocenters. The number of aliphatic hydroxyl groups is 1. The molecule has 3 heteroatoms. The molecule has 2 aliphatic heterocycles. The molecule has 6 aliphatic rings. The van der Waals surface area contributed by atoms with E-state index in [0.29, 0.717) is 29.8 Å². The number of fused-ring (bicyclic) bond motifs is 4. The van der Waals surface area contributed by atoms with Gasteiger partial charge in [0.1, 0.15) is 0 Å². The van der Waals surface area contributed by atoms with Crippen LogP contribution in [0, 0.1) is 45.8 Å². The molecule has 3 nitrogen and oxygen atoms in total. The van der Waals surface area contributed by atoms with E-state index in [4.69, 9.17) is 9.47 Å². The van der Waals surface area contributed by atoms with Gasteiger partial charge in [0.15, 0.2) is 5.79 Å². The molecule has 0 aromatic carbocycles. The molecule has 4 aliphatic carbocycles. The minimum absolute atomic E-state index is 0.0275. The summed E-state index contributed by atoms with van der Waals surface area (Å²) in [5, 5.41) is 11.1. The minimum Gasteiger partial charge on any atom is -0.393 e. The maximum absolute atomic E-state index is 11.1. The number of allylic oxidation sites excluding steroid dienone is 1. The average molecular weight is 469 g/mol. The van der Waals surface area contributed by atoms with Gasteiger partial charge in [0, 0.05) is 17.8 Å². The van der Waals surface area contributed by atoms with E-state index in [-0.39, 0.29) is 22.7 Å². The molecule has 2 spiro atoms. The number of ether oxygens (including phenoxy) is 2. The summed E-state index contributed by atoms with van der Waals surface area (Å²) >= 11 is 0. The predicted molar refractivity (Wildman–Crippen MR) is 136 cm³/mol. The van der Waals surface area contributed by atoms with Crippen LogP contribution in [0.1, 0.15) is 99.3 Å². The first-order valence-corrected chi connectivity index (χ1v) is 14.4. The molecule has 0 aromatic heterocycles. The summed E-state index contributed by atoms with van der Waals surface area (Å²) in [5.74, 6) is 2.89. The lowest BCUT2D eigenvalue weighted by Crippen LogP contribution is -2.61. The summed E-state index contributed by atoms with van der Waals surface area (Å²) in [6.07, 6.45) is 13.4. The number of hydrogen-bond acceptors (Lipinski definition) is 3. The van der Waals surface area contributed by atoms with Crippen LogP contribution >= 0.6 is 0 Å². The van der Waals surface area contributed by atoms with Crippen LogP contribution < -0.4 is 0 Å². The smallest absolute Gasteiger partial charge is 0.176 e. The largest absolute Gasteiger partial charge is 0.393 e. The van der Waals surface area contributed by atoms with Crippen molar-refractivity contribution < 1.29 is 14.6 Å². The lowest BCUT2D eigenvalue weighted by Gasteiger charge is -2.65. The van der Waals surface area contributed by atoms with Crippen LogP contribution in [0.5, 0.6) is 0 Å². The third-order valence-electron chi connectivity index (χ3n) is 12.5. The van der Waals surface area contributed by atoms with E-state index in [0.717, 1.165) is 31.3 Å². The number of aliphatic hydroxyl groups excluding tert-OH is 1.